The molecule has 0 saturated carbocycles. The van der Waals surface area contributed by atoms with Crippen molar-refractivity contribution in [1.29, 1.82) is 0 Å². The molecular weight excluding hydrogens is 372 g/mol. The van der Waals surface area contributed by atoms with Crippen LogP contribution in [0.2, 0.25) is 0 Å². The van der Waals surface area contributed by atoms with Gasteiger partial charge in [-0.1, -0.05) is 12.1 Å². The maximum Gasteiger partial charge on any atom is 0.348 e. The lowest BCUT2D eigenvalue weighted by Gasteiger charge is -2.38. The van der Waals surface area contributed by atoms with E-state index >= 15 is 0 Å². The molecule has 27 heavy (non-hydrogen) atoms. The van der Waals surface area contributed by atoms with Crippen molar-refractivity contribution in [2.75, 3.05) is 37.4 Å². The van der Waals surface area contributed by atoms with Crippen molar-refractivity contribution < 1.29 is 27.5 Å². The van der Waals surface area contributed by atoms with Crippen molar-refractivity contribution in [3.05, 3.63) is 24.3 Å². The molecule has 0 bridgehead atoms. The van der Waals surface area contributed by atoms with E-state index in [4.69, 9.17) is 9.47 Å². The first kappa shape index (κ1) is 19.6. The van der Waals surface area contributed by atoms with E-state index in [1.807, 2.05) is 0 Å². The SMILES string of the molecule is CCS(=O)(=O)N1CCC[C@@H](C(=O)N2C[C@@H](C(=O)OC)Oc3ccccc32)C1. The summed E-state index contributed by atoms with van der Waals surface area (Å²) in [5, 5.41) is 0. The highest BCUT2D eigenvalue weighted by Crippen LogP contribution is 2.35. The molecule has 1 aromatic carbocycles. The number of piperidine rings is 1. The lowest BCUT2D eigenvalue weighted by atomic mass is 9.97. The number of sulfonamides is 1. The Morgan fingerprint density at radius 1 is 1.26 bits per heavy atom. The minimum atomic E-state index is -3.34. The number of anilines is 1. The van der Waals surface area contributed by atoms with E-state index < -0.39 is 28.0 Å². The largest absolute Gasteiger partial charge is 0.475 e. The number of hydrogen-bond acceptors (Lipinski definition) is 6. The van der Waals surface area contributed by atoms with E-state index in [0.29, 0.717) is 30.8 Å². The summed E-state index contributed by atoms with van der Waals surface area (Å²) in [6.45, 7) is 2.24. The fourth-order valence-electron chi connectivity index (χ4n) is 3.50. The Morgan fingerprint density at radius 2 is 2.00 bits per heavy atom. The zero-order valence-corrected chi connectivity index (χ0v) is 16.3. The van der Waals surface area contributed by atoms with Crippen molar-refractivity contribution in [3.8, 4) is 5.75 Å². The summed E-state index contributed by atoms with van der Waals surface area (Å²) in [5.74, 6) is -0.763. The number of nitrogens with zero attached hydrogens (tertiary/aromatic N) is 2. The molecule has 0 radical (unpaired) electrons. The number of fused-ring (bicyclic) bond motifs is 1. The van der Waals surface area contributed by atoms with E-state index in [9.17, 15) is 18.0 Å². The van der Waals surface area contributed by atoms with E-state index in [-0.39, 0.29) is 24.7 Å². The van der Waals surface area contributed by atoms with Gasteiger partial charge in [-0.15, -0.1) is 0 Å². The molecular formula is C18H24N2O6S. The Balaban J connectivity index is 1.85. The van der Waals surface area contributed by atoms with Gasteiger partial charge >= 0.3 is 5.97 Å². The second kappa shape index (κ2) is 7.85. The summed E-state index contributed by atoms with van der Waals surface area (Å²) < 4.78 is 36.2. The number of ether oxygens (including phenoxy) is 2. The highest BCUT2D eigenvalue weighted by atomic mass is 32.2. The van der Waals surface area contributed by atoms with Gasteiger partial charge in [0.05, 0.1) is 31.0 Å². The van der Waals surface area contributed by atoms with Crippen LogP contribution in [-0.2, 0) is 24.3 Å². The summed E-state index contributed by atoms with van der Waals surface area (Å²) in [7, 11) is -2.07. The third kappa shape index (κ3) is 3.93. The molecule has 0 unspecified atom stereocenters. The smallest absolute Gasteiger partial charge is 0.348 e. The van der Waals surface area contributed by atoms with Crippen LogP contribution >= 0.6 is 0 Å². The molecule has 9 heteroatoms. The molecule has 1 saturated heterocycles. The molecule has 2 atom stereocenters. The molecule has 0 N–H and O–H groups in total. The van der Waals surface area contributed by atoms with E-state index in [2.05, 4.69) is 0 Å². The molecule has 2 heterocycles. The number of para-hydroxylation sites is 2. The average molecular weight is 396 g/mol. The van der Waals surface area contributed by atoms with Crippen LogP contribution < -0.4 is 9.64 Å². The van der Waals surface area contributed by atoms with Gasteiger partial charge in [0.1, 0.15) is 5.75 Å². The van der Waals surface area contributed by atoms with Crippen molar-refractivity contribution in [2.24, 2.45) is 5.92 Å². The van der Waals surface area contributed by atoms with E-state index in [0.717, 1.165) is 0 Å². The van der Waals surface area contributed by atoms with Crippen LogP contribution in [0.15, 0.2) is 24.3 Å². The molecule has 0 aromatic heterocycles. The summed E-state index contributed by atoms with van der Waals surface area (Å²) in [6.07, 6.45) is 0.326. The second-order valence-corrected chi connectivity index (χ2v) is 8.90. The van der Waals surface area contributed by atoms with Crippen LogP contribution in [0.4, 0.5) is 5.69 Å². The standard InChI is InChI=1S/C18H24N2O6S/c1-3-27(23,24)19-10-6-7-13(11-19)17(21)20-12-16(18(22)25-2)26-15-9-5-4-8-14(15)20/h4-5,8-9,13,16H,3,6-7,10-12H2,1-2H3/t13-,16+/m1/s1. The van der Waals surface area contributed by atoms with Gasteiger partial charge in [-0.3, -0.25) is 4.79 Å². The lowest BCUT2D eigenvalue weighted by molar-refractivity contribution is -0.148. The highest BCUT2D eigenvalue weighted by Gasteiger charge is 2.39. The predicted molar refractivity (Wildman–Crippen MR) is 99.0 cm³/mol. The number of carbonyl (C=O) groups excluding carboxylic acids is 2. The zero-order chi connectivity index (χ0) is 19.6. The first-order valence-electron chi connectivity index (χ1n) is 9.00. The van der Waals surface area contributed by atoms with Crippen LogP contribution in [0.5, 0.6) is 5.75 Å². The molecule has 8 nitrogen and oxygen atoms in total. The maximum atomic E-state index is 13.2. The second-order valence-electron chi connectivity index (χ2n) is 6.64. The van der Waals surface area contributed by atoms with Crippen LogP contribution in [0.25, 0.3) is 0 Å². The van der Waals surface area contributed by atoms with Crippen molar-refractivity contribution >= 4 is 27.6 Å². The molecule has 1 amide bonds. The molecule has 2 aliphatic rings. The molecule has 1 aromatic rings. The van der Waals surface area contributed by atoms with Gasteiger partial charge in [-0.2, -0.15) is 0 Å². The molecule has 0 spiro atoms. The fraction of sp³-hybridized carbons (Fsp3) is 0.556. The van der Waals surface area contributed by atoms with Crippen molar-refractivity contribution in [2.45, 2.75) is 25.9 Å². The monoisotopic (exact) mass is 396 g/mol. The first-order chi connectivity index (χ1) is 12.9. The molecule has 148 valence electrons. The quantitative estimate of drug-likeness (QED) is 0.706. The number of methoxy groups -OCH3 is 1. The van der Waals surface area contributed by atoms with Gasteiger partial charge in [0.15, 0.2) is 0 Å². The third-order valence-corrected chi connectivity index (χ3v) is 6.84. The van der Waals surface area contributed by atoms with Gasteiger partial charge in [0.2, 0.25) is 22.0 Å². The normalized spacial score (nSPS) is 23.3. The Hall–Kier alpha value is -2.13. The van der Waals surface area contributed by atoms with Gasteiger partial charge in [-0.25, -0.2) is 17.5 Å². The minimum absolute atomic E-state index is 0.0126. The molecule has 0 aliphatic carbocycles. The lowest BCUT2D eigenvalue weighted by Crippen LogP contribution is -2.52. The van der Waals surface area contributed by atoms with Crippen LogP contribution in [-0.4, -0.2) is 63.2 Å². The molecule has 3 rings (SSSR count). The Kier molecular flexibility index (Phi) is 5.71. The first-order valence-corrected chi connectivity index (χ1v) is 10.6. The van der Waals surface area contributed by atoms with Gasteiger partial charge in [0, 0.05) is 13.1 Å². The highest BCUT2D eigenvalue weighted by molar-refractivity contribution is 7.89. The van der Waals surface area contributed by atoms with Gasteiger partial charge in [-0.05, 0) is 31.9 Å². The number of rotatable bonds is 4. The summed E-state index contributed by atoms with van der Waals surface area (Å²) >= 11 is 0. The molecule has 2 aliphatic heterocycles. The average Bonchev–Trinajstić information content (AvgIpc) is 2.71. The van der Waals surface area contributed by atoms with Gasteiger partial charge < -0.3 is 14.4 Å². The zero-order valence-electron chi connectivity index (χ0n) is 15.5. The van der Waals surface area contributed by atoms with Crippen molar-refractivity contribution in [1.82, 2.24) is 4.31 Å². The summed E-state index contributed by atoms with van der Waals surface area (Å²) in [6, 6.07) is 7.00. The number of amides is 1. The maximum absolute atomic E-state index is 13.2. The molecule has 1 fully saturated rings. The summed E-state index contributed by atoms with van der Waals surface area (Å²) in [4.78, 5) is 26.7. The minimum Gasteiger partial charge on any atom is -0.475 e. The summed E-state index contributed by atoms with van der Waals surface area (Å²) in [5.41, 5.74) is 0.582. The topological polar surface area (TPSA) is 93.2 Å². The van der Waals surface area contributed by atoms with Gasteiger partial charge in [0.25, 0.3) is 0 Å². The number of hydrogen-bond donors (Lipinski definition) is 0. The van der Waals surface area contributed by atoms with Crippen LogP contribution in [0.3, 0.4) is 0 Å². The van der Waals surface area contributed by atoms with Crippen LogP contribution in [0, 0.1) is 5.92 Å². The number of benzene rings is 1. The number of esters is 1. The Morgan fingerprint density at radius 3 is 2.70 bits per heavy atom. The Labute approximate surface area is 159 Å². The number of carbonyl (C=O) groups is 2. The fourth-order valence-corrected chi connectivity index (χ4v) is 4.68. The van der Waals surface area contributed by atoms with Crippen LogP contribution in [0.1, 0.15) is 19.8 Å². The third-order valence-electron chi connectivity index (χ3n) is 5.00. The van der Waals surface area contributed by atoms with Crippen molar-refractivity contribution in [3.63, 3.8) is 0 Å². The van der Waals surface area contributed by atoms with E-state index in [1.54, 1.807) is 31.2 Å². The Bertz CT molecular complexity index is 825. The van der Waals surface area contributed by atoms with E-state index in [1.165, 1.54) is 16.3 Å². The predicted octanol–water partition coefficient (Wildman–Crippen LogP) is 1.02.